The van der Waals surface area contributed by atoms with E-state index < -0.39 is 0 Å². The Labute approximate surface area is 100 Å². The van der Waals surface area contributed by atoms with Crippen molar-refractivity contribution >= 4 is 18.5 Å². The molecule has 0 aliphatic heterocycles. The van der Waals surface area contributed by atoms with Gasteiger partial charge in [0.05, 0.1) is 5.69 Å². The van der Waals surface area contributed by atoms with E-state index in [-0.39, 0.29) is 5.91 Å². The van der Waals surface area contributed by atoms with E-state index in [2.05, 4.69) is 23.1 Å². The number of amides is 1. The van der Waals surface area contributed by atoms with Crippen molar-refractivity contribution in [1.82, 2.24) is 10.5 Å². The minimum absolute atomic E-state index is 0.0239. The highest BCUT2D eigenvalue weighted by atomic mass is 32.1. The first-order valence-electron chi connectivity index (χ1n) is 5.62. The molecule has 1 aliphatic carbocycles. The highest BCUT2D eigenvalue weighted by Crippen LogP contribution is 2.36. The van der Waals surface area contributed by atoms with Crippen molar-refractivity contribution in [3.05, 3.63) is 17.5 Å². The van der Waals surface area contributed by atoms with Gasteiger partial charge in [-0.25, -0.2) is 0 Å². The summed E-state index contributed by atoms with van der Waals surface area (Å²) in [6.07, 6.45) is 5.72. The number of thiol groups is 1. The molecule has 0 atom stereocenters. The van der Waals surface area contributed by atoms with Crippen LogP contribution in [0, 0.1) is 0 Å². The molecule has 0 aromatic carbocycles. The molecule has 5 heteroatoms. The molecule has 1 aromatic heterocycles. The number of hydrogen-bond donors (Lipinski definition) is 2. The predicted molar refractivity (Wildman–Crippen MR) is 63.4 cm³/mol. The van der Waals surface area contributed by atoms with Crippen LogP contribution in [0.1, 0.15) is 42.9 Å². The third-order valence-electron chi connectivity index (χ3n) is 2.98. The Kier molecular flexibility index (Phi) is 3.88. The fraction of sp³-hybridized carbons (Fsp3) is 0.636. The van der Waals surface area contributed by atoms with E-state index >= 15 is 0 Å². The van der Waals surface area contributed by atoms with Crippen molar-refractivity contribution in [2.45, 2.75) is 38.1 Å². The maximum absolute atomic E-state index is 11.3. The fourth-order valence-corrected chi connectivity index (χ4v) is 2.00. The lowest BCUT2D eigenvalue weighted by molar-refractivity contribution is -0.120. The van der Waals surface area contributed by atoms with Crippen molar-refractivity contribution in [3.63, 3.8) is 0 Å². The molecule has 0 saturated heterocycles. The first-order valence-corrected chi connectivity index (χ1v) is 6.25. The van der Waals surface area contributed by atoms with Crippen molar-refractivity contribution in [2.75, 3.05) is 5.75 Å². The largest absolute Gasteiger partial charge is 0.364 e. The van der Waals surface area contributed by atoms with Gasteiger partial charge in [0, 0.05) is 24.4 Å². The predicted octanol–water partition coefficient (Wildman–Crippen LogP) is 1.88. The quantitative estimate of drug-likeness (QED) is 0.773. The summed E-state index contributed by atoms with van der Waals surface area (Å²) in [5, 5.41) is 6.86. The van der Waals surface area contributed by atoms with Gasteiger partial charge in [-0.1, -0.05) is 11.6 Å². The molecular weight excluding hydrogens is 224 g/mol. The first-order chi connectivity index (χ1) is 7.81. The summed E-state index contributed by atoms with van der Waals surface area (Å²) >= 11 is 4.01. The maximum atomic E-state index is 11.3. The number of aromatic nitrogens is 1. The number of carbonyl (C=O) groups excluding carboxylic acids is 1. The van der Waals surface area contributed by atoms with Crippen molar-refractivity contribution < 1.29 is 9.32 Å². The van der Waals surface area contributed by atoms with Crippen LogP contribution in [-0.4, -0.2) is 16.8 Å². The zero-order chi connectivity index (χ0) is 11.4. The van der Waals surface area contributed by atoms with Crippen LogP contribution >= 0.6 is 12.6 Å². The summed E-state index contributed by atoms with van der Waals surface area (Å²) < 4.78 is 4.98. The molecule has 0 bridgehead atoms. The summed E-state index contributed by atoms with van der Waals surface area (Å²) in [4.78, 5) is 11.3. The van der Waals surface area contributed by atoms with E-state index in [0.717, 1.165) is 11.3 Å². The highest BCUT2D eigenvalue weighted by molar-refractivity contribution is 7.80. The van der Waals surface area contributed by atoms with Crippen LogP contribution in [0.3, 0.4) is 0 Å². The van der Waals surface area contributed by atoms with Gasteiger partial charge in [-0.2, -0.15) is 12.6 Å². The van der Waals surface area contributed by atoms with E-state index in [1.54, 1.807) is 6.26 Å². The molecule has 1 aliphatic rings. The van der Waals surface area contributed by atoms with E-state index in [1.165, 1.54) is 19.3 Å². The van der Waals surface area contributed by atoms with Crippen LogP contribution in [0.5, 0.6) is 0 Å². The van der Waals surface area contributed by atoms with Gasteiger partial charge in [0.25, 0.3) is 0 Å². The smallest absolute Gasteiger partial charge is 0.221 e. The molecule has 16 heavy (non-hydrogen) atoms. The molecule has 1 aromatic rings. The topological polar surface area (TPSA) is 55.1 Å². The van der Waals surface area contributed by atoms with Gasteiger partial charge in [-0.3, -0.25) is 4.79 Å². The Balaban J connectivity index is 1.88. The molecule has 1 N–H and O–H groups in total. The zero-order valence-electron chi connectivity index (χ0n) is 9.11. The highest BCUT2D eigenvalue weighted by Gasteiger charge is 2.25. The molecule has 4 nitrogen and oxygen atoms in total. The molecule has 1 heterocycles. The summed E-state index contributed by atoms with van der Waals surface area (Å²) in [6.45, 7) is 0.516. The fourth-order valence-electron chi connectivity index (χ4n) is 1.80. The second-order valence-corrected chi connectivity index (χ2v) is 4.55. The van der Waals surface area contributed by atoms with Gasteiger partial charge >= 0.3 is 0 Å². The second-order valence-electron chi connectivity index (χ2n) is 4.10. The average molecular weight is 240 g/mol. The summed E-state index contributed by atoms with van der Waals surface area (Å²) in [5.41, 5.74) is 2.04. The van der Waals surface area contributed by atoms with Gasteiger partial charge < -0.3 is 9.84 Å². The lowest BCUT2D eigenvalue weighted by atomic mass is 9.81. The number of hydrogen-bond acceptors (Lipinski definition) is 4. The lowest BCUT2D eigenvalue weighted by Crippen LogP contribution is -2.24. The van der Waals surface area contributed by atoms with Crippen LogP contribution in [-0.2, 0) is 11.3 Å². The minimum Gasteiger partial charge on any atom is -0.364 e. The minimum atomic E-state index is 0.0239. The van der Waals surface area contributed by atoms with Crippen molar-refractivity contribution in [1.29, 1.82) is 0 Å². The summed E-state index contributed by atoms with van der Waals surface area (Å²) in [6, 6.07) is 0. The molecule has 88 valence electrons. The van der Waals surface area contributed by atoms with Gasteiger partial charge in [0.1, 0.15) is 6.26 Å². The number of nitrogens with one attached hydrogen (secondary N) is 1. The van der Waals surface area contributed by atoms with Gasteiger partial charge in [-0.05, 0) is 18.6 Å². The molecule has 0 radical (unpaired) electrons. The summed E-state index contributed by atoms with van der Waals surface area (Å²) in [7, 11) is 0. The number of nitrogens with zero attached hydrogens (tertiary/aromatic N) is 1. The molecule has 1 amide bonds. The average Bonchev–Trinajstić information content (AvgIpc) is 2.61. The van der Waals surface area contributed by atoms with Gasteiger partial charge in [0.15, 0.2) is 0 Å². The molecule has 1 fully saturated rings. The first kappa shape index (κ1) is 11.5. The second kappa shape index (κ2) is 5.39. The Morgan fingerprint density at radius 2 is 2.44 bits per heavy atom. The van der Waals surface area contributed by atoms with Gasteiger partial charge in [-0.15, -0.1) is 0 Å². The number of rotatable bonds is 5. The van der Waals surface area contributed by atoms with Crippen LogP contribution in [0.15, 0.2) is 10.8 Å². The maximum Gasteiger partial charge on any atom is 0.221 e. The Morgan fingerprint density at radius 1 is 1.62 bits per heavy atom. The monoisotopic (exact) mass is 240 g/mol. The lowest BCUT2D eigenvalue weighted by Gasteiger charge is -2.23. The Hall–Kier alpha value is -0.970. The number of carbonyl (C=O) groups is 1. The van der Waals surface area contributed by atoms with E-state index in [4.69, 9.17) is 4.52 Å². The standard InChI is InChI=1S/C11H16N2O2S/c14-10(4-5-16)12-6-9-7-15-13-11(9)8-2-1-3-8/h7-8,16H,1-6H2,(H,12,14). The van der Waals surface area contributed by atoms with Crippen LogP contribution in [0.25, 0.3) is 0 Å². The molecule has 2 rings (SSSR count). The van der Waals surface area contributed by atoms with Crippen molar-refractivity contribution in [2.24, 2.45) is 0 Å². The summed E-state index contributed by atoms with van der Waals surface area (Å²) in [5.74, 6) is 1.14. The van der Waals surface area contributed by atoms with Crippen LogP contribution < -0.4 is 5.32 Å². The van der Waals surface area contributed by atoms with Crippen LogP contribution in [0.4, 0.5) is 0 Å². The van der Waals surface area contributed by atoms with E-state index in [1.807, 2.05) is 0 Å². The zero-order valence-corrected chi connectivity index (χ0v) is 10.0. The third kappa shape index (κ3) is 2.58. The SMILES string of the molecule is O=C(CCS)NCc1conc1C1CCC1. The van der Waals surface area contributed by atoms with E-state index in [9.17, 15) is 4.79 Å². The molecular formula is C11H16N2O2S. The molecule has 1 saturated carbocycles. The van der Waals surface area contributed by atoms with Crippen LogP contribution in [0.2, 0.25) is 0 Å². The van der Waals surface area contributed by atoms with E-state index in [0.29, 0.717) is 24.6 Å². The Bertz CT molecular complexity index is 361. The van der Waals surface area contributed by atoms with Crippen molar-refractivity contribution in [3.8, 4) is 0 Å². The molecule has 0 unspecified atom stereocenters. The Morgan fingerprint density at radius 3 is 3.06 bits per heavy atom. The third-order valence-corrected chi connectivity index (χ3v) is 3.21. The van der Waals surface area contributed by atoms with Gasteiger partial charge in [0.2, 0.25) is 5.91 Å². The molecule has 0 spiro atoms. The normalized spacial score (nSPS) is 15.8.